The van der Waals surface area contributed by atoms with Gasteiger partial charge in [-0.05, 0) is 0 Å². The van der Waals surface area contributed by atoms with Crippen LogP contribution >= 0.6 is 0 Å². The average molecular weight is 1160 g/mol. The first-order chi connectivity index (χ1) is 28.8. The molecule has 0 aromatic heterocycles. The zero-order valence-electron chi connectivity index (χ0n) is 43.9. The SMILES string of the molecule is CC.CC.CC.CC.CC.CC.CC(C)(c1[c-]cc(C(C)(C)c2[c-]cccc2)[c-]c1)c1[c-]cccc1.CC(C)(c1[c-]cccc1)c1[c-]c[c-]c(C(C)(C)c2[c-]cccc2)c1.[Y].[Y].[Y].[Y]. The van der Waals surface area contributed by atoms with Gasteiger partial charge in [-0.15, -0.1) is 0 Å². The van der Waals surface area contributed by atoms with Gasteiger partial charge in [0.1, 0.15) is 0 Å². The van der Waals surface area contributed by atoms with Gasteiger partial charge in [0.25, 0.3) is 0 Å². The van der Waals surface area contributed by atoms with Crippen molar-refractivity contribution in [1.82, 2.24) is 0 Å². The van der Waals surface area contributed by atoms with Crippen LogP contribution in [0.5, 0.6) is 0 Å². The smallest absolute Gasteiger partial charge is 0 e. The van der Waals surface area contributed by atoms with Crippen molar-refractivity contribution in [1.29, 1.82) is 0 Å². The molecule has 0 N–H and O–H groups in total. The van der Waals surface area contributed by atoms with E-state index in [1.807, 2.05) is 138 Å². The Hall–Kier alpha value is -0.264. The molecule has 340 valence electrons. The van der Waals surface area contributed by atoms with E-state index < -0.39 is 0 Å². The summed E-state index contributed by atoms with van der Waals surface area (Å²) in [5.74, 6) is 0. The van der Waals surface area contributed by atoms with Gasteiger partial charge >= 0.3 is 0 Å². The molecule has 0 heterocycles. The summed E-state index contributed by atoms with van der Waals surface area (Å²) in [6.07, 6.45) is 0. The third-order valence-electron chi connectivity index (χ3n) is 9.71. The summed E-state index contributed by atoms with van der Waals surface area (Å²) in [5.41, 5.74) is 8.65. The van der Waals surface area contributed by atoms with Crippen LogP contribution in [0.2, 0.25) is 0 Å². The Morgan fingerprint density at radius 2 is 0.484 bits per heavy atom. The number of hydrogen-bond donors (Lipinski definition) is 0. The molecule has 6 aromatic carbocycles. The van der Waals surface area contributed by atoms with Crippen LogP contribution in [-0.4, -0.2) is 0 Å². The van der Waals surface area contributed by atoms with Gasteiger partial charge in [0, 0.05) is 131 Å². The summed E-state index contributed by atoms with van der Waals surface area (Å²) >= 11 is 0. The normalized spacial score (nSPS) is 9.69. The van der Waals surface area contributed by atoms with E-state index in [9.17, 15) is 0 Å². The maximum atomic E-state index is 3.49. The second-order valence-electron chi connectivity index (χ2n) is 14.4. The molecule has 0 bridgehead atoms. The van der Waals surface area contributed by atoms with Crippen molar-refractivity contribution in [3.63, 3.8) is 0 Å². The van der Waals surface area contributed by atoms with Crippen molar-refractivity contribution in [2.75, 3.05) is 0 Å². The molecule has 0 atom stereocenters. The van der Waals surface area contributed by atoms with Crippen LogP contribution < -0.4 is 0 Å². The fraction of sp³-hybridized carbons (Fsp3) is 0.400. The van der Waals surface area contributed by atoms with E-state index in [4.69, 9.17) is 0 Å². The maximum absolute atomic E-state index is 3.49. The van der Waals surface area contributed by atoms with Gasteiger partial charge < -0.3 is 30.3 Å². The van der Waals surface area contributed by atoms with Crippen molar-refractivity contribution in [3.8, 4) is 0 Å². The van der Waals surface area contributed by atoms with Crippen LogP contribution in [0.3, 0.4) is 0 Å². The van der Waals surface area contributed by atoms with Gasteiger partial charge in [-0.1, -0.05) is 160 Å². The Kier molecular flexibility index (Phi) is 49.0. The van der Waals surface area contributed by atoms with Gasteiger partial charge in [-0.3, -0.25) is 40.5 Å². The van der Waals surface area contributed by atoms with Gasteiger partial charge in [-0.2, -0.15) is 144 Å². The molecule has 0 spiro atoms. The molecule has 4 radical (unpaired) electrons. The zero-order valence-corrected chi connectivity index (χ0v) is 55.2. The number of benzene rings is 6. The Labute approximate surface area is 498 Å². The minimum atomic E-state index is -0.151. The van der Waals surface area contributed by atoms with E-state index in [1.54, 1.807) is 0 Å². The van der Waals surface area contributed by atoms with Crippen LogP contribution in [-0.2, 0) is 152 Å². The van der Waals surface area contributed by atoms with Gasteiger partial charge in [0.15, 0.2) is 0 Å². The molecule has 0 saturated heterocycles. The summed E-state index contributed by atoms with van der Waals surface area (Å²) in [6.45, 7) is 41.7. The molecular weight excluding hydrogens is 1080 g/mol. The topological polar surface area (TPSA) is 0 Å². The van der Waals surface area contributed by atoms with Crippen LogP contribution in [0, 0.1) is 48.5 Å². The van der Waals surface area contributed by atoms with Crippen molar-refractivity contribution in [3.05, 3.63) is 214 Å². The largest absolute Gasteiger partial charge is 0.355 e. The Morgan fingerprint density at radius 1 is 0.266 bits per heavy atom. The summed E-state index contributed by atoms with van der Waals surface area (Å²) in [4.78, 5) is 0. The summed E-state index contributed by atoms with van der Waals surface area (Å²) in [5, 5.41) is 0. The minimum Gasteiger partial charge on any atom is -0.355 e. The molecule has 0 aliphatic heterocycles. The molecule has 4 heteroatoms. The number of hydrogen-bond acceptors (Lipinski definition) is 0. The molecule has 0 nitrogen and oxygen atoms in total. The van der Waals surface area contributed by atoms with Crippen molar-refractivity contribution in [2.45, 2.75) is 160 Å². The maximum Gasteiger partial charge on any atom is 0 e. The van der Waals surface area contributed by atoms with Crippen LogP contribution in [0.15, 0.2) is 121 Å². The van der Waals surface area contributed by atoms with E-state index in [-0.39, 0.29) is 152 Å². The van der Waals surface area contributed by atoms with Crippen LogP contribution in [0.1, 0.15) is 183 Å². The Morgan fingerprint density at radius 3 is 0.672 bits per heavy atom. The molecular formula is C60H80Y4-8. The third kappa shape index (κ3) is 22.9. The first-order valence-electron chi connectivity index (χ1n) is 22.6. The van der Waals surface area contributed by atoms with Crippen molar-refractivity contribution < 1.29 is 131 Å². The van der Waals surface area contributed by atoms with Crippen LogP contribution in [0.4, 0.5) is 0 Å². The molecule has 64 heavy (non-hydrogen) atoms. The monoisotopic (exact) mass is 1160 g/mol. The fourth-order valence-electron chi connectivity index (χ4n) is 5.95. The van der Waals surface area contributed by atoms with Crippen LogP contribution in [0.25, 0.3) is 0 Å². The minimum absolute atomic E-state index is 0. The van der Waals surface area contributed by atoms with Crippen molar-refractivity contribution in [2.24, 2.45) is 0 Å². The van der Waals surface area contributed by atoms with Crippen molar-refractivity contribution >= 4 is 0 Å². The summed E-state index contributed by atoms with van der Waals surface area (Å²) < 4.78 is 0. The second-order valence-corrected chi connectivity index (χ2v) is 14.4. The molecule has 0 aliphatic rings. The first kappa shape index (κ1) is 75.3. The molecule has 0 saturated carbocycles. The average Bonchev–Trinajstić information content (AvgIpc) is 3.34. The Bertz CT molecular complexity index is 1740. The molecule has 0 fully saturated rings. The number of rotatable bonds is 8. The summed E-state index contributed by atoms with van der Waals surface area (Å²) in [7, 11) is 0. The van der Waals surface area contributed by atoms with E-state index >= 15 is 0 Å². The first-order valence-corrected chi connectivity index (χ1v) is 22.6. The third-order valence-corrected chi connectivity index (χ3v) is 9.71. The molecule has 6 aromatic rings. The van der Waals surface area contributed by atoms with E-state index in [0.717, 1.165) is 33.4 Å². The quantitative estimate of drug-likeness (QED) is 0.133. The predicted octanol–water partition coefficient (Wildman–Crippen LogP) is 17.2. The fourth-order valence-corrected chi connectivity index (χ4v) is 5.95. The molecule has 0 amide bonds. The molecule has 0 unspecified atom stereocenters. The van der Waals surface area contributed by atoms with Gasteiger partial charge in [-0.25, -0.2) is 0 Å². The predicted molar refractivity (Wildman–Crippen MR) is 266 cm³/mol. The zero-order chi connectivity index (χ0) is 46.4. The Balaban J connectivity index is -0.000000203. The van der Waals surface area contributed by atoms with E-state index in [2.05, 4.69) is 171 Å². The summed E-state index contributed by atoms with van der Waals surface area (Å²) in [6, 6.07) is 68.0. The van der Waals surface area contributed by atoms with E-state index in [0.29, 0.717) is 0 Å². The molecule has 6 rings (SSSR count). The van der Waals surface area contributed by atoms with E-state index in [1.165, 1.54) is 11.1 Å². The standard InChI is InChI=1S/2C24H22.6C2H6.4Y/c1-23(2,19-12-7-5-8-13-19)21-16-11-17-22(18-21)24(3,4)20-14-9-6-10-15-20;1-23(2,19-11-7-5-8-12-19)21-15-17-22(18-16-21)24(3,4)20-13-9-6-10-14-20;6*1-2;;;;/h5-12,14,18H,1-4H3;5-11,13,15,18H,1-4H3;6*1-2H3;;;;/q2*-4;;;;;;;;;;. The second kappa shape index (κ2) is 41.7. The van der Waals surface area contributed by atoms with Gasteiger partial charge in [0.05, 0.1) is 0 Å². The van der Waals surface area contributed by atoms with Gasteiger partial charge in [0.2, 0.25) is 0 Å². The molecule has 0 aliphatic carbocycles.